The highest BCUT2D eigenvalue weighted by Crippen LogP contribution is 2.41. The van der Waals surface area contributed by atoms with Gasteiger partial charge < -0.3 is 10.1 Å². The third-order valence-electron chi connectivity index (χ3n) is 5.76. The van der Waals surface area contributed by atoms with Gasteiger partial charge in [0.2, 0.25) is 10.8 Å². The number of hydrogen-bond donors (Lipinski definition) is 3. The summed E-state index contributed by atoms with van der Waals surface area (Å²) >= 11 is 3.18. The van der Waals surface area contributed by atoms with Crippen molar-refractivity contribution in [2.75, 3.05) is 11.8 Å². The highest BCUT2D eigenvalue weighted by Gasteiger charge is 2.32. The van der Waals surface area contributed by atoms with Gasteiger partial charge in [0, 0.05) is 49.8 Å². The van der Waals surface area contributed by atoms with Gasteiger partial charge in [-0.3, -0.25) is 9.78 Å². The summed E-state index contributed by atoms with van der Waals surface area (Å²) in [5.41, 5.74) is 3.20. The second kappa shape index (κ2) is 8.79. The Labute approximate surface area is 215 Å². The van der Waals surface area contributed by atoms with Crippen LogP contribution in [0.4, 0.5) is 5.69 Å². The van der Waals surface area contributed by atoms with Crippen LogP contribution >= 0.6 is 22.7 Å². The average molecular weight is 536 g/mol. The van der Waals surface area contributed by atoms with Crippen molar-refractivity contribution in [3.8, 4) is 26.8 Å². The lowest BCUT2D eigenvalue weighted by molar-refractivity contribution is 0.0951. The minimum absolute atomic E-state index is 0.0674. The minimum atomic E-state index is -3.78. The monoisotopic (exact) mass is 535 g/mol. The van der Waals surface area contributed by atoms with E-state index in [9.17, 15) is 13.6 Å². The van der Waals surface area contributed by atoms with E-state index in [4.69, 9.17) is 4.74 Å². The van der Waals surface area contributed by atoms with Crippen molar-refractivity contribution in [1.29, 1.82) is 0 Å². The maximum absolute atomic E-state index is 13.4. The number of pyridine rings is 2. The van der Waals surface area contributed by atoms with Crippen LogP contribution in [0.5, 0.6) is 5.88 Å². The molecule has 1 amide bonds. The molecule has 1 aliphatic rings. The molecule has 8 nitrogen and oxygen atoms in total. The molecule has 5 heterocycles. The van der Waals surface area contributed by atoms with Crippen LogP contribution < -0.4 is 14.8 Å². The number of hydrogen-bond acceptors (Lipinski definition) is 7. The molecule has 36 heavy (non-hydrogen) atoms. The van der Waals surface area contributed by atoms with Crippen molar-refractivity contribution < 1.29 is 18.3 Å². The van der Waals surface area contributed by atoms with Gasteiger partial charge in [-0.15, -0.1) is 22.7 Å². The standard InChI is InChI=1S/C25H18N4O4S3/c1-33-25-20-10-15(12-28-25)22-11-19-23(35-22)18(7-8-26-19)21-6-5-16(34-21)13-27-24(30)14-3-2-4-17(9-14)36(31,32)29-20/h2-12H,13H2,1H3,(H2-,27,29,30,31,32)/p+1. The summed E-state index contributed by atoms with van der Waals surface area (Å²) in [7, 11) is -2.34. The van der Waals surface area contributed by atoms with Gasteiger partial charge >= 0.3 is 10.4 Å². The van der Waals surface area contributed by atoms with Gasteiger partial charge in [-0.05, 0) is 46.7 Å². The second-order valence-electron chi connectivity index (χ2n) is 8.07. The van der Waals surface area contributed by atoms with E-state index in [1.54, 1.807) is 53.3 Å². The van der Waals surface area contributed by atoms with E-state index < -0.39 is 10.4 Å². The van der Waals surface area contributed by atoms with Crippen LogP contribution in [0.15, 0.2) is 71.9 Å². The van der Waals surface area contributed by atoms with Crippen LogP contribution in [0.3, 0.4) is 0 Å². The third-order valence-corrected chi connectivity index (χ3v) is 9.47. The molecule has 4 aromatic heterocycles. The SMILES string of the molecule is COc1ncc2cc1N[S+](=O)(O)c1cccc(c1)C(=O)NCc1ccc(s1)-c1ccnc3cc-2sc13. The number of nitrogens with zero attached hydrogens (tertiary/aromatic N) is 2. The Hall–Kier alpha value is -3.64. The molecule has 5 aromatic rings. The molecule has 1 aromatic carbocycles. The minimum Gasteiger partial charge on any atom is -0.479 e. The van der Waals surface area contributed by atoms with Crippen LogP contribution in [0.25, 0.3) is 31.1 Å². The molecule has 0 radical (unpaired) electrons. The summed E-state index contributed by atoms with van der Waals surface area (Å²) < 4.78 is 33.3. The molecule has 0 saturated carbocycles. The normalized spacial score (nSPS) is 17.2. The van der Waals surface area contributed by atoms with Crippen LogP contribution in [0.1, 0.15) is 15.2 Å². The highest BCUT2D eigenvalue weighted by atomic mass is 32.3. The van der Waals surface area contributed by atoms with E-state index in [1.807, 2.05) is 24.3 Å². The van der Waals surface area contributed by atoms with Crippen molar-refractivity contribution in [3.05, 3.63) is 77.4 Å². The molecular formula is C25H19N4O4S3+. The first kappa shape index (κ1) is 22.8. The number of methoxy groups -OCH3 is 1. The number of carbonyl (C=O) groups is 1. The second-order valence-corrected chi connectivity index (χ2v) is 12.0. The molecule has 1 unspecified atom stereocenters. The van der Waals surface area contributed by atoms with Crippen molar-refractivity contribution in [2.24, 2.45) is 0 Å². The zero-order valence-electron chi connectivity index (χ0n) is 18.8. The number of thiophene rings is 2. The van der Waals surface area contributed by atoms with Gasteiger partial charge in [0.05, 0.1) is 23.9 Å². The Morgan fingerprint density at radius 3 is 2.78 bits per heavy atom. The lowest BCUT2D eigenvalue weighted by Crippen LogP contribution is -2.24. The van der Waals surface area contributed by atoms with Crippen LogP contribution in [0.2, 0.25) is 0 Å². The first-order valence-electron chi connectivity index (χ1n) is 10.9. The van der Waals surface area contributed by atoms with Crippen molar-refractivity contribution >= 4 is 54.9 Å². The molecule has 11 heteroatoms. The third kappa shape index (κ3) is 4.05. The predicted octanol–water partition coefficient (Wildman–Crippen LogP) is 5.70. The van der Waals surface area contributed by atoms with Crippen LogP contribution in [-0.4, -0.2) is 27.5 Å². The largest absolute Gasteiger partial charge is 0.479 e. The number of fused-ring (bicyclic) bond motifs is 9. The Bertz CT molecular complexity index is 1690. The topological polar surface area (TPSA) is 113 Å². The molecule has 6 rings (SSSR count). The Balaban J connectivity index is 1.56. The van der Waals surface area contributed by atoms with E-state index in [2.05, 4.69) is 20.0 Å². The molecule has 0 spiro atoms. The molecule has 3 N–H and O–H groups in total. The number of aromatic nitrogens is 2. The first-order chi connectivity index (χ1) is 17.4. The molecule has 1 atom stereocenters. The molecule has 8 bridgehead atoms. The van der Waals surface area contributed by atoms with E-state index >= 15 is 0 Å². The Kier molecular flexibility index (Phi) is 5.56. The summed E-state index contributed by atoms with van der Waals surface area (Å²) in [4.78, 5) is 24.8. The number of ether oxygens (including phenoxy) is 1. The van der Waals surface area contributed by atoms with Crippen LogP contribution in [-0.2, 0) is 21.2 Å². The molecule has 0 fully saturated rings. The number of anilines is 1. The lowest BCUT2D eigenvalue weighted by Gasteiger charge is -2.12. The molecule has 0 aliphatic carbocycles. The van der Waals surface area contributed by atoms with Crippen molar-refractivity contribution in [2.45, 2.75) is 11.4 Å². The Morgan fingerprint density at radius 2 is 1.92 bits per heavy atom. The lowest BCUT2D eigenvalue weighted by atomic mass is 10.2. The van der Waals surface area contributed by atoms with Crippen molar-refractivity contribution in [3.63, 3.8) is 0 Å². The summed E-state index contributed by atoms with van der Waals surface area (Å²) in [5, 5.41) is 2.90. The maximum atomic E-state index is 13.4. The summed E-state index contributed by atoms with van der Waals surface area (Å²) in [6.45, 7) is 0.345. The summed E-state index contributed by atoms with van der Waals surface area (Å²) in [6, 6.07) is 15.8. The highest BCUT2D eigenvalue weighted by molar-refractivity contribution is 7.99. The van der Waals surface area contributed by atoms with Gasteiger partial charge in [-0.2, -0.15) is 9.27 Å². The van der Waals surface area contributed by atoms with E-state index in [0.717, 1.165) is 36.0 Å². The molecule has 1 aliphatic heterocycles. The average Bonchev–Trinajstić information content (AvgIpc) is 3.54. The quantitative estimate of drug-likeness (QED) is 0.237. The molecule has 0 saturated heterocycles. The Morgan fingerprint density at radius 1 is 1.03 bits per heavy atom. The summed E-state index contributed by atoms with van der Waals surface area (Å²) in [5.74, 6) is -0.159. The molecule has 180 valence electrons. The summed E-state index contributed by atoms with van der Waals surface area (Å²) in [6.07, 6.45) is 3.45. The number of benzene rings is 1. The van der Waals surface area contributed by atoms with E-state index in [-0.39, 0.29) is 27.9 Å². The molecular weight excluding hydrogens is 517 g/mol. The first-order valence-corrected chi connectivity index (χ1v) is 14.0. The van der Waals surface area contributed by atoms with Crippen molar-refractivity contribution in [1.82, 2.24) is 15.3 Å². The smallest absolute Gasteiger partial charge is 0.346 e. The fourth-order valence-corrected chi connectivity index (χ4v) is 7.28. The van der Waals surface area contributed by atoms with Gasteiger partial charge in [-0.25, -0.2) is 4.98 Å². The fourth-order valence-electron chi connectivity index (χ4n) is 4.00. The van der Waals surface area contributed by atoms with Gasteiger partial charge in [0.15, 0.2) is 0 Å². The fraction of sp³-hybridized carbons (Fsp3) is 0.0800. The zero-order chi connectivity index (χ0) is 24.9. The van der Waals surface area contributed by atoms with Gasteiger partial charge in [0.25, 0.3) is 5.91 Å². The van der Waals surface area contributed by atoms with Gasteiger partial charge in [0.1, 0.15) is 5.69 Å². The number of nitrogens with one attached hydrogen (secondary N) is 2. The van der Waals surface area contributed by atoms with E-state index in [0.29, 0.717) is 6.54 Å². The predicted molar refractivity (Wildman–Crippen MR) is 143 cm³/mol. The zero-order valence-corrected chi connectivity index (χ0v) is 21.3. The number of amides is 1. The number of rotatable bonds is 1. The number of carbonyl (C=O) groups excluding carboxylic acids is 1. The van der Waals surface area contributed by atoms with E-state index in [1.165, 1.54) is 19.2 Å². The van der Waals surface area contributed by atoms with Crippen LogP contribution in [0, 0.1) is 0 Å². The maximum Gasteiger partial charge on any atom is 0.346 e. The van der Waals surface area contributed by atoms with Gasteiger partial charge in [-0.1, -0.05) is 6.07 Å².